The maximum atomic E-state index is 12.2. The van der Waals surface area contributed by atoms with Crippen LogP contribution in [0.1, 0.15) is 25.5 Å². The van der Waals surface area contributed by atoms with E-state index in [4.69, 9.17) is 4.74 Å². The minimum atomic E-state index is -0.0795. The Balaban J connectivity index is 1.59. The van der Waals surface area contributed by atoms with Crippen molar-refractivity contribution < 1.29 is 4.74 Å². The molecule has 122 valence electrons. The average molecular weight is 332 g/mol. The molecule has 1 saturated heterocycles. The van der Waals surface area contributed by atoms with Gasteiger partial charge in [-0.1, -0.05) is 18.3 Å². The summed E-state index contributed by atoms with van der Waals surface area (Å²) in [5, 5.41) is 5.50. The van der Waals surface area contributed by atoms with E-state index in [2.05, 4.69) is 15.0 Å². The normalized spacial score (nSPS) is 34.9. The van der Waals surface area contributed by atoms with Crippen LogP contribution in [0.5, 0.6) is 0 Å². The summed E-state index contributed by atoms with van der Waals surface area (Å²) in [5.41, 5.74) is 0.756. The van der Waals surface area contributed by atoms with Gasteiger partial charge in [0.05, 0.1) is 12.1 Å². The Hall–Kier alpha value is -1.47. The number of ether oxygens (including phenoxy) is 1. The van der Waals surface area contributed by atoms with Crippen LogP contribution in [0.2, 0.25) is 0 Å². The van der Waals surface area contributed by atoms with E-state index >= 15 is 0 Å². The second kappa shape index (κ2) is 4.77. The second-order valence-electron chi connectivity index (χ2n) is 7.02. The SMILES string of the molecule is CCc1cc(=O)n2nc(N3C[C@@H]4C[C@H]5C[C@H]4[C@@H]3[C@@H]5OC)sc2n1. The molecule has 0 amide bonds. The molecule has 2 aromatic rings. The molecule has 2 aromatic heterocycles. The monoisotopic (exact) mass is 332 g/mol. The average Bonchev–Trinajstić information content (AvgIpc) is 3.25. The summed E-state index contributed by atoms with van der Waals surface area (Å²) in [6, 6.07) is 2.01. The van der Waals surface area contributed by atoms with Gasteiger partial charge < -0.3 is 9.64 Å². The predicted octanol–water partition coefficient (Wildman–Crippen LogP) is 1.57. The van der Waals surface area contributed by atoms with Gasteiger partial charge in [0.15, 0.2) is 0 Å². The van der Waals surface area contributed by atoms with Crippen LogP contribution in [0.25, 0.3) is 4.96 Å². The highest BCUT2D eigenvalue weighted by Crippen LogP contribution is 2.56. The van der Waals surface area contributed by atoms with Crippen LogP contribution in [-0.2, 0) is 11.2 Å². The molecule has 6 nitrogen and oxygen atoms in total. The molecule has 2 bridgehead atoms. The molecule has 5 atom stereocenters. The van der Waals surface area contributed by atoms with Crippen molar-refractivity contribution in [3.63, 3.8) is 0 Å². The molecule has 3 aliphatic rings. The Morgan fingerprint density at radius 2 is 2.26 bits per heavy atom. The Morgan fingerprint density at radius 3 is 3.04 bits per heavy atom. The summed E-state index contributed by atoms with van der Waals surface area (Å²) >= 11 is 1.53. The highest BCUT2D eigenvalue weighted by Gasteiger charge is 2.60. The van der Waals surface area contributed by atoms with Crippen LogP contribution in [0, 0.1) is 17.8 Å². The minimum absolute atomic E-state index is 0.0795. The molecule has 0 spiro atoms. The smallest absolute Gasteiger partial charge is 0.275 e. The van der Waals surface area contributed by atoms with Crippen molar-refractivity contribution in [3.05, 3.63) is 22.1 Å². The summed E-state index contributed by atoms with van der Waals surface area (Å²) in [6.45, 7) is 3.06. The van der Waals surface area contributed by atoms with E-state index in [9.17, 15) is 4.79 Å². The van der Waals surface area contributed by atoms with Gasteiger partial charge in [0.1, 0.15) is 0 Å². The van der Waals surface area contributed by atoms with Gasteiger partial charge in [-0.15, -0.1) is 5.10 Å². The van der Waals surface area contributed by atoms with Gasteiger partial charge in [0, 0.05) is 25.4 Å². The maximum Gasteiger partial charge on any atom is 0.275 e. The van der Waals surface area contributed by atoms with Crippen molar-refractivity contribution in [2.45, 2.75) is 38.3 Å². The van der Waals surface area contributed by atoms with Gasteiger partial charge in [-0.25, -0.2) is 4.98 Å². The highest BCUT2D eigenvalue weighted by molar-refractivity contribution is 7.20. The molecule has 2 aliphatic carbocycles. The zero-order chi connectivity index (χ0) is 15.7. The summed E-state index contributed by atoms with van der Waals surface area (Å²) in [5.74, 6) is 2.19. The molecule has 5 rings (SSSR count). The van der Waals surface area contributed by atoms with E-state index in [1.807, 2.05) is 14.0 Å². The van der Waals surface area contributed by atoms with E-state index in [0.717, 1.165) is 35.6 Å². The highest BCUT2D eigenvalue weighted by atomic mass is 32.1. The second-order valence-corrected chi connectivity index (χ2v) is 7.95. The van der Waals surface area contributed by atoms with E-state index < -0.39 is 0 Å². The van der Waals surface area contributed by atoms with Crippen LogP contribution in [0.4, 0.5) is 5.13 Å². The number of rotatable bonds is 3. The fourth-order valence-corrected chi connectivity index (χ4v) is 6.06. The third-order valence-electron chi connectivity index (χ3n) is 5.98. The Morgan fingerprint density at radius 1 is 1.39 bits per heavy atom. The molecule has 0 aromatic carbocycles. The van der Waals surface area contributed by atoms with E-state index in [1.165, 1.54) is 28.7 Å². The number of anilines is 1. The molecule has 23 heavy (non-hydrogen) atoms. The van der Waals surface area contributed by atoms with Gasteiger partial charge in [0.25, 0.3) is 5.56 Å². The Bertz CT molecular complexity index is 829. The third-order valence-corrected chi connectivity index (χ3v) is 6.93. The first-order valence-electron chi connectivity index (χ1n) is 8.38. The topological polar surface area (TPSA) is 59.7 Å². The van der Waals surface area contributed by atoms with Gasteiger partial charge in [-0.2, -0.15) is 4.52 Å². The molecular weight excluding hydrogens is 312 g/mol. The van der Waals surface area contributed by atoms with Crippen molar-refractivity contribution in [3.8, 4) is 0 Å². The summed E-state index contributed by atoms with van der Waals surface area (Å²) in [4.78, 5) is 19.9. The standard InChI is InChI=1S/C16H20N4O2S/c1-3-10-6-12(21)20-15(17-10)23-16(18-20)19-7-9-4-8-5-11(9)13(19)14(8)22-2/h6,8-9,11,13-14H,3-5,7H2,1-2H3/t8-,9-,11+,13+,14+/m0/s1. The van der Waals surface area contributed by atoms with Gasteiger partial charge in [-0.3, -0.25) is 4.79 Å². The number of hydrogen-bond acceptors (Lipinski definition) is 6. The van der Waals surface area contributed by atoms with Crippen molar-refractivity contribution in [1.82, 2.24) is 14.6 Å². The summed E-state index contributed by atoms with van der Waals surface area (Å²) in [7, 11) is 1.83. The fraction of sp³-hybridized carbons (Fsp3) is 0.688. The van der Waals surface area contributed by atoms with Crippen molar-refractivity contribution in [2.75, 3.05) is 18.6 Å². The number of fused-ring (bicyclic) bond motifs is 2. The number of hydrogen-bond donors (Lipinski definition) is 0. The largest absolute Gasteiger partial charge is 0.379 e. The van der Waals surface area contributed by atoms with Crippen molar-refractivity contribution in [2.24, 2.45) is 17.8 Å². The molecule has 0 radical (unpaired) electrons. The first kappa shape index (κ1) is 13.9. The fourth-order valence-electron chi connectivity index (χ4n) is 5.08. The van der Waals surface area contributed by atoms with Gasteiger partial charge in [0.2, 0.25) is 10.1 Å². The van der Waals surface area contributed by atoms with Crippen molar-refractivity contribution in [1.29, 1.82) is 0 Å². The number of aryl methyl sites for hydroxylation is 1. The molecule has 3 fully saturated rings. The first-order chi connectivity index (χ1) is 11.2. The molecule has 0 N–H and O–H groups in total. The molecule has 1 aliphatic heterocycles. The van der Waals surface area contributed by atoms with E-state index in [0.29, 0.717) is 23.0 Å². The lowest BCUT2D eigenvalue weighted by Crippen LogP contribution is -2.42. The van der Waals surface area contributed by atoms with Crippen LogP contribution >= 0.6 is 11.3 Å². The van der Waals surface area contributed by atoms with E-state index in [1.54, 1.807) is 6.07 Å². The summed E-state index contributed by atoms with van der Waals surface area (Å²) in [6.07, 6.45) is 3.64. The van der Waals surface area contributed by atoms with Crippen LogP contribution in [0.15, 0.2) is 10.9 Å². The predicted molar refractivity (Wildman–Crippen MR) is 88.1 cm³/mol. The quantitative estimate of drug-likeness (QED) is 0.854. The zero-order valence-corrected chi connectivity index (χ0v) is 14.1. The lowest BCUT2D eigenvalue weighted by Gasteiger charge is -2.30. The number of aromatic nitrogens is 3. The van der Waals surface area contributed by atoms with Crippen molar-refractivity contribution >= 4 is 21.4 Å². The van der Waals surface area contributed by atoms with Crippen LogP contribution in [-0.4, -0.2) is 40.4 Å². The Kier molecular flexibility index (Phi) is 2.89. The molecule has 2 saturated carbocycles. The zero-order valence-electron chi connectivity index (χ0n) is 13.3. The van der Waals surface area contributed by atoms with Gasteiger partial charge in [-0.05, 0) is 37.0 Å². The first-order valence-corrected chi connectivity index (χ1v) is 9.20. The molecule has 7 heteroatoms. The molecule has 0 unspecified atom stereocenters. The van der Waals surface area contributed by atoms with Gasteiger partial charge >= 0.3 is 0 Å². The number of nitrogens with zero attached hydrogens (tertiary/aromatic N) is 4. The van der Waals surface area contributed by atoms with Crippen LogP contribution in [0.3, 0.4) is 0 Å². The molecule has 3 heterocycles. The lowest BCUT2D eigenvalue weighted by atomic mass is 9.88. The lowest BCUT2D eigenvalue weighted by molar-refractivity contribution is 0.0447. The summed E-state index contributed by atoms with van der Waals surface area (Å²) < 4.78 is 7.26. The van der Waals surface area contributed by atoms with Crippen LogP contribution < -0.4 is 10.5 Å². The molecular formula is C16H20N4O2S. The Labute approximate surface area is 138 Å². The third kappa shape index (κ3) is 1.80. The number of methoxy groups -OCH3 is 1. The minimum Gasteiger partial charge on any atom is -0.379 e. The van der Waals surface area contributed by atoms with E-state index in [-0.39, 0.29) is 5.56 Å². The maximum absolute atomic E-state index is 12.2.